The van der Waals surface area contributed by atoms with Crippen LogP contribution in [0.15, 0.2) is 36.7 Å². The zero-order valence-electron chi connectivity index (χ0n) is 9.50. The summed E-state index contributed by atoms with van der Waals surface area (Å²) < 4.78 is 0. The Balaban J connectivity index is 1.84. The highest BCUT2D eigenvalue weighted by molar-refractivity contribution is 5.79. The highest BCUT2D eigenvalue weighted by Gasteiger charge is 2.32. The fraction of sp³-hybridized carbons (Fsp3) is 0.286. The van der Waals surface area contributed by atoms with Crippen LogP contribution in [0.1, 0.15) is 12.2 Å². The Morgan fingerprint density at radius 3 is 3.00 bits per heavy atom. The van der Waals surface area contributed by atoms with E-state index in [1.165, 1.54) is 18.5 Å². The molecule has 17 heavy (non-hydrogen) atoms. The second-order valence-electron chi connectivity index (χ2n) is 4.82. The summed E-state index contributed by atoms with van der Waals surface area (Å²) in [4.78, 5) is 11.5. The topological polar surface area (TPSA) is 29.0 Å². The second-order valence-corrected chi connectivity index (χ2v) is 4.82. The first kappa shape index (κ1) is 9.16. The molecule has 1 aromatic carbocycles. The number of benzene rings is 1. The van der Waals surface area contributed by atoms with E-state index in [4.69, 9.17) is 0 Å². The average molecular weight is 223 g/mol. The van der Waals surface area contributed by atoms with E-state index in [1.54, 1.807) is 0 Å². The quantitative estimate of drug-likeness (QED) is 0.743. The van der Waals surface area contributed by atoms with Gasteiger partial charge in [0.2, 0.25) is 0 Å². The first-order chi connectivity index (χ1) is 8.40. The van der Waals surface area contributed by atoms with E-state index in [0.29, 0.717) is 5.92 Å². The van der Waals surface area contributed by atoms with Crippen LogP contribution in [0.2, 0.25) is 0 Å². The Bertz CT molecular complexity index is 618. The van der Waals surface area contributed by atoms with Gasteiger partial charge in [0, 0.05) is 42.4 Å². The maximum atomic E-state index is 4.67. The minimum absolute atomic E-state index is 0.649. The highest BCUT2D eigenvalue weighted by Crippen LogP contribution is 2.36. The molecular weight excluding hydrogens is 210 g/mol. The van der Waals surface area contributed by atoms with E-state index in [9.17, 15) is 0 Å². The molecule has 3 nitrogen and oxygen atoms in total. The van der Waals surface area contributed by atoms with Crippen molar-refractivity contribution in [3.05, 3.63) is 42.5 Å². The molecule has 84 valence electrons. The summed E-state index contributed by atoms with van der Waals surface area (Å²) in [5.41, 5.74) is 2.36. The Kier molecular flexibility index (Phi) is 1.78. The smallest absolute Gasteiger partial charge is 0.157 e. The van der Waals surface area contributed by atoms with Gasteiger partial charge >= 0.3 is 0 Å². The number of aromatic nitrogens is 2. The summed E-state index contributed by atoms with van der Waals surface area (Å²) in [6, 6.07) is 8.15. The number of hydrogen-bond donors (Lipinski definition) is 0. The Labute approximate surface area is 99.8 Å². The monoisotopic (exact) mass is 223 g/mol. The predicted octanol–water partition coefficient (Wildman–Crippen LogP) is 2.31. The van der Waals surface area contributed by atoms with Crippen molar-refractivity contribution in [3.8, 4) is 0 Å². The van der Waals surface area contributed by atoms with Crippen LogP contribution in [0, 0.1) is 5.92 Å². The van der Waals surface area contributed by atoms with Gasteiger partial charge in [-0.05, 0) is 12.5 Å². The third-order valence-electron chi connectivity index (χ3n) is 3.73. The van der Waals surface area contributed by atoms with Crippen molar-refractivity contribution >= 4 is 16.5 Å². The van der Waals surface area contributed by atoms with Gasteiger partial charge in [-0.3, -0.25) is 0 Å². The van der Waals surface area contributed by atoms with Crippen LogP contribution in [0.25, 0.3) is 16.5 Å². The fourth-order valence-electron chi connectivity index (χ4n) is 2.81. The second kappa shape index (κ2) is 3.29. The molecule has 3 heteroatoms. The summed E-state index contributed by atoms with van der Waals surface area (Å²) in [6.07, 6.45) is 5.42. The maximum absolute atomic E-state index is 4.67. The number of rotatable bonds is 1. The van der Waals surface area contributed by atoms with Gasteiger partial charge in [-0.25, -0.2) is 9.97 Å². The lowest BCUT2D eigenvalue weighted by Gasteiger charge is -2.12. The molecule has 0 saturated carbocycles. The van der Waals surface area contributed by atoms with Gasteiger partial charge in [0.1, 0.15) is 0 Å². The number of hydrogen-bond acceptors (Lipinski definition) is 3. The third kappa shape index (κ3) is 1.35. The van der Waals surface area contributed by atoms with Crippen molar-refractivity contribution in [1.29, 1.82) is 0 Å². The largest absolute Gasteiger partial charge is 0.376 e. The minimum atomic E-state index is 0.649. The molecule has 1 atom stereocenters. The van der Waals surface area contributed by atoms with Crippen LogP contribution in [-0.2, 0) is 0 Å². The Hall–Kier alpha value is -1.90. The lowest BCUT2D eigenvalue weighted by atomic mass is 9.99. The zero-order valence-corrected chi connectivity index (χ0v) is 9.50. The molecule has 2 aliphatic rings. The van der Waals surface area contributed by atoms with Gasteiger partial charge in [-0.15, -0.1) is 0 Å². The van der Waals surface area contributed by atoms with Gasteiger partial charge in [-0.2, -0.15) is 0 Å². The maximum Gasteiger partial charge on any atom is 0.157 e. The van der Waals surface area contributed by atoms with Crippen LogP contribution in [0.5, 0.6) is 0 Å². The molecule has 0 amide bonds. The molecule has 1 unspecified atom stereocenters. The van der Waals surface area contributed by atoms with Gasteiger partial charge < -0.3 is 4.90 Å². The van der Waals surface area contributed by atoms with Crippen LogP contribution in [0.3, 0.4) is 0 Å². The minimum Gasteiger partial charge on any atom is -0.376 e. The zero-order chi connectivity index (χ0) is 11.2. The molecule has 1 saturated heterocycles. The summed E-state index contributed by atoms with van der Waals surface area (Å²) >= 11 is 0. The molecule has 2 bridgehead atoms. The molecule has 2 aromatic rings. The molecule has 4 rings (SSSR count). The van der Waals surface area contributed by atoms with Crippen molar-refractivity contribution in [3.63, 3.8) is 0 Å². The van der Waals surface area contributed by atoms with Crippen LogP contribution >= 0.6 is 0 Å². The van der Waals surface area contributed by atoms with E-state index in [0.717, 1.165) is 23.3 Å². The van der Waals surface area contributed by atoms with Crippen molar-refractivity contribution < 1.29 is 0 Å². The molecule has 1 fully saturated rings. The van der Waals surface area contributed by atoms with Crippen molar-refractivity contribution in [2.75, 3.05) is 13.1 Å². The van der Waals surface area contributed by atoms with E-state index >= 15 is 0 Å². The number of nitrogens with zero attached hydrogens (tertiary/aromatic N) is 3. The summed E-state index contributed by atoms with van der Waals surface area (Å²) in [5, 5.41) is 1.11. The molecule has 3 heterocycles. The van der Waals surface area contributed by atoms with E-state index in [1.807, 2.05) is 18.3 Å². The molecular formula is C14H13N3. The van der Waals surface area contributed by atoms with Gasteiger partial charge in [0.05, 0.1) is 5.52 Å². The lowest BCUT2D eigenvalue weighted by Crippen LogP contribution is -2.08. The average Bonchev–Trinajstić information content (AvgIpc) is 3.00. The standard InChI is InChI=1S/C14H13N3/c1-2-4-13-10(3-1)7-15-14(16-13)12-9-17-6-5-11(12)8-17/h1-4,7,9,11H,5-6,8H2. The summed E-state index contributed by atoms with van der Waals surface area (Å²) in [6.45, 7) is 2.35. The molecule has 1 aromatic heterocycles. The van der Waals surface area contributed by atoms with Crippen molar-refractivity contribution in [1.82, 2.24) is 14.9 Å². The lowest BCUT2D eigenvalue weighted by molar-refractivity contribution is 0.479. The van der Waals surface area contributed by atoms with Gasteiger partial charge in [0.25, 0.3) is 0 Å². The third-order valence-corrected chi connectivity index (χ3v) is 3.73. The first-order valence-corrected chi connectivity index (χ1v) is 6.08. The van der Waals surface area contributed by atoms with Crippen molar-refractivity contribution in [2.24, 2.45) is 5.92 Å². The molecule has 0 spiro atoms. The van der Waals surface area contributed by atoms with E-state index in [2.05, 4.69) is 33.2 Å². The van der Waals surface area contributed by atoms with Crippen LogP contribution < -0.4 is 0 Å². The first-order valence-electron chi connectivity index (χ1n) is 6.08. The Morgan fingerprint density at radius 1 is 1.24 bits per heavy atom. The highest BCUT2D eigenvalue weighted by atomic mass is 15.2. The van der Waals surface area contributed by atoms with E-state index in [-0.39, 0.29) is 0 Å². The predicted molar refractivity (Wildman–Crippen MR) is 67.2 cm³/mol. The Morgan fingerprint density at radius 2 is 2.18 bits per heavy atom. The van der Waals surface area contributed by atoms with Crippen LogP contribution in [-0.4, -0.2) is 28.0 Å². The molecule has 0 N–H and O–H groups in total. The molecule has 0 radical (unpaired) electrons. The summed E-state index contributed by atoms with van der Waals surface area (Å²) in [7, 11) is 0. The fourth-order valence-corrected chi connectivity index (χ4v) is 2.81. The van der Waals surface area contributed by atoms with Gasteiger partial charge in [0.15, 0.2) is 5.82 Å². The summed E-state index contributed by atoms with van der Waals surface area (Å²) in [5.74, 6) is 1.56. The SMILES string of the molecule is C1=C(c2ncc3ccccc3n2)C2CCN1C2. The van der Waals surface area contributed by atoms with E-state index < -0.39 is 0 Å². The normalized spacial score (nSPS) is 22.2. The number of para-hydroxylation sites is 1. The van der Waals surface area contributed by atoms with Gasteiger partial charge in [-0.1, -0.05) is 18.2 Å². The molecule has 2 aliphatic heterocycles. The number of fused-ring (bicyclic) bond motifs is 3. The van der Waals surface area contributed by atoms with Crippen LogP contribution in [0.4, 0.5) is 0 Å². The van der Waals surface area contributed by atoms with Crippen molar-refractivity contribution in [2.45, 2.75) is 6.42 Å². The molecule has 0 aliphatic carbocycles.